The number of β-amino-alcohol motifs (C(OH)–C–C–N with tert-alkyl or cyclic N) is 1. The molecular weight excluding hydrogens is 364 g/mol. The SMILES string of the molecule is CCC(C)c1ccc(S(=O)(=O)N2CCN(CC(O)COC(C)C)CC2)cc1. The van der Waals surface area contributed by atoms with Crippen LogP contribution in [-0.4, -0.2) is 74.3 Å². The van der Waals surface area contributed by atoms with E-state index >= 15 is 0 Å². The summed E-state index contributed by atoms with van der Waals surface area (Å²) in [5.74, 6) is 0.427. The van der Waals surface area contributed by atoms with Crippen molar-refractivity contribution in [2.75, 3.05) is 39.3 Å². The first-order valence-electron chi connectivity index (χ1n) is 9.86. The van der Waals surface area contributed by atoms with Crippen molar-refractivity contribution < 1.29 is 18.3 Å². The molecule has 0 amide bonds. The molecule has 1 aromatic rings. The van der Waals surface area contributed by atoms with Gasteiger partial charge in [-0.3, -0.25) is 4.90 Å². The molecule has 27 heavy (non-hydrogen) atoms. The molecule has 7 heteroatoms. The standard InChI is InChI=1S/C20H34N2O4S/c1-5-17(4)18-6-8-20(9-7-18)27(24,25)22-12-10-21(11-13-22)14-19(23)15-26-16(2)3/h6-9,16-17,19,23H,5,10-15H2,1-4H3. The molecule has 0 bridgehead atoms. The summed E-state index contributed by atoms with van der Waals surface area (Å²) >= 11 is 0. The van der Waals surface area contributed by atoms with Crippen LogP contribution in [0.15, 0.2) is 29.2 Å². The van der Waals surface area contributed by atoms with Crippen LogP contribution in [0.2, 0.25) is 0 Å². The fourth-order valence-electron chi connectivity index (χ4n) is 3.16. The van der Waals surface area contributed by atoms with Gasteiger partial charge in [0, 0.05) is 32.7 Å². The van der Waals surface area contributed by atoms with Crippen LogP contribution in [-0.2, 0) is 14.8 Å². The zero-order chi connectivity index (χ0) is 20.0. The molecule has 0 aliphatic carbocycles. The van der Waals surface area contributed by atoms with E-state index in [0.717, 1.165) is 6.42 Å². The van der Waals surface area contributed by atoms with E-state index in [1.807, 2.05) is 26.0 Å². The van der Waals surface area contributed by atoms with Crippen molar-refractivity contribution in [1.29, 1.82) is 0 Å². The Morgan fingerprint density at radius 2 is 1.67 bits per heavy atom. The summed E-state index contributed by atoms with van der Waals surface area (Å²) in [5, 5.41) is 10.0. The van der Waals surface area contributed by atoms with Crippen LogP contribution in [0.3, 0.4) is 0 Å². The van der Waals surface area contributed by atoms with Crippen molar-refractivity contribution in [3.05, 3.63) is 29.8 Å². The summed E-state index contributed by atoms with van der Waals surface area (Å²) in [5.41, 5.74) is 1.17. The number of sulfonamides is 1. The predicted molar refractivity (Wildman–Crippen MR) is 107 cm³/mol. The second-order valence-corrected chi connectivity index (χ2v) is 9.56. The van der Waals surface area contributed by atoms with E-state index in [1.165, 1.54) is 5.56 Å². The van der Waals surface area contributed by atoms with Crippen LogP contribution in [0, 0.1) is 0 Å². The number of aliphatic hydroxyl groups excluding tert-OH is 1. The van der Waals surface area contributed by atoms with Crippen molar-refractivity contribution in [2.45, 2.75) is 57.1 Å². The van der Waals surface area contributed by atoms with Gasteiger partial charge in [-0.1, -0.05) is 26.0 Å². The summed E-state index contributed by atoms with van der Waals surface area (Å²) in [6.07, 6.45) is 0.569. The van der Waals surface area contributed by atoms with Gasteiger partial charge in [-0.05, 0) is 43.9 Å². The fourth-order valence-corrected chi connectivity index (χ4v) is 4.58. The highest BCUT2D eigenvalue weighted by atomic mass is 32.2. The lowest BCUT2D eigenvalue weighted by Gasteiger charge is -2.35. The molecule has 154 valence electrons. The molecule has 0 aromatic heterocycles. The third kappa shape index (κ3) is 6.26. The lowest BCUT2D eigenvalue weighted by Crippen LogP contribution is -2.50. The van der Waals surface area contributed by atoms with Crippen LogP contribution < -0.4 is 0 Å². The molecule has 0 radical (unpaired) electrons. The largest absolute Gasteiger partial charge is 0.389 e. The molecular formula is C20H34N2O4S. The van der Waals surface area contributed by atoms with Crippen molar-refractivity contribution in [2.24, 2.45) is 0 Å². The Kier molecular flexibility index (Phi) is 8.24. The zero-order valence-electron chi connectivity index (χ0n) is 17.0. The van der Waals surface area contributed by atoms with Crippen molar-refractivity contribution >= 4 is 10.0 Å². The van der Waals surface area contributed by atoms with Crippen LogP contribution in [0.5, 0.6) is 0 Å². The molecule has 2 atom stereocenters. The number of nitrogens with zero attached hydrogens (tertiary/aromatic N) is 2. The summed E-state index contributed by atoms with van der Waals surface area (Å²) in [4.78, 5) is 2.44. The smallest absolute Gasteiger partial charge is 0.243 e. The molecule has 1 saturated heterocycles. The zero-order valence-corrected chi connectivity index (χ0v) is 17.8. The lowest BCUT2D eigenvalue weighted by atomic mass is 9.99. The van der Waals surface area contributed by atoms with Crippen molar-refractivity contribution in [1.82, 2.24) is 9.21 Å². The Morgan fingerprint density at radius 3 is 2.19 bits per heavy atom. The molecule has 2 rings (SSSR count). The summed E-state index contributed by atoms with van der Waals surface area (Å²) in [7, 11) is -3.47. The highest BCUT2D eigenvalue weighted by Crippen LogP contribution is 2.23. The monoisotopic (exact) mass is 398 g/mol. The number of hydrogen-bond acceptors (Lipinski definition) is 5. The van der Waals surface area contributed by atoms with Crippen molar-refractivity contribution in [3.63, 3.8) is 0 Å². The average molecular weight is 399 g/mol. The van der Waals surface area contributed by atoms with Gasteiger partial charge in [0.1, 0.15) is 0 Å². The van der Waals surface area contributed by atoms with Crippen LogP contribution in [0.25, 0.3) is 0 Å². The molecule has 1 heterocycles. The first-order chi connectivity index (χ1) is 12.7. The quantitative estimate of drug-likeness (QED) is 0.691. The van der Waals surface area contributed by atoms with Gasteiger partial charge in [0.15, 0.2) is 0 Å². The second-order valence-electron chi connectivity index (χ2n) is 7.62. The molecule has 0 saturated carbocycles. The van der Waals surface area contributed by atoms with E-state index in [2.05, 4.69) is 18.7 Å². The van der Waals surface area contributed by atoms with Crippen LogP contribution in [0.4, 0.5) is 0 Å². The fraction of sp³-hybridized carbons (Fsp3) is 0.700. The van der Waals surface area contributed by atoms with Gasteiger partial charge in [-0.2, -0.15) is 4.31 Å². The number of piperazine rings is 1. The number of benzene rings is 1. The highest BCUT2D eigenvalue weighted by Gasteiger charge is 2.29. The van der Waals surface area contributed by atoms with Gasteiger partial charge in [-0.25, -0.2) is 8.42 Å². The third-order valence-corrected chi connectivity index (χ3v) is 7.03. The first-order valence-corrected chi connectivity index (χ1v) is 11.3. The van der Waals surface area contributed by atoms with E-state index in [4.69, 9.17) is 4.74 Å². The maximum Gasteiger partial charge on any atom is 0.243 e. The minimum Gasteiger partial charge on any atom is -0.389 e. The minimum atomic E-state index is -3.47. The summed E-state index contributed by atoms with van der Waals surface area (Å²) in [6, 6.07) is 7.27. The Labute approximate surface area is 164 Å². The van der Waals surface area contributed by atoms with Gasteiger partial charge >= 0.3 is 0 Å². The maximum absolute atomic E-state index is 12.9. The minimum absolute atomic E-state index is 0.0911. The molecule has 1 aliphatic rings. The van der Waals surface area contributed by atoms with Gasteiger partial charge in [0.25, 0.3) is 0 Å². The molecule has 0 spiro atoms. The van der Waals surface area contributed by atoms with Crippen LogP contribution in [0.1, 0.15) is 45.6 Å². The Morgan fingerprint density at radius 1 is 1.07 bits per heavy atom. The topological polar surface area (TPSA) is 70.1 Å². The number of hydrogen-bond donors (Lipinski definition) is 1. The molecule has 2 unspecified atom stereocenters. The molecule has 1 aromatic carbocycles. The van der Waals surface area contributed by atoms with E-state index in [0.29, 0.717) is 50.1 Å². The number of aliphatic hydroxyl groups is 1. The molecule has 6 nitrogen and oxygen atoms in total. The van der Waals surface area contributed by atoms with E-state index in [1.54, 1.807) is 16.4 Å². The number of ether oxygens (including phenoxy) is 1. The molecule has 1 N–H and O–H groups in total. The van der Waals surface area contributed by atoms with E-state index in [9.17, 15) is 13.5 Å². The molecule has 1 aliphatic heterocycles. The predicted octanol–water partition coefficient (Wildman–Crippen LogP) is 2.29. The third-order valence-electron chi connectivity index (χ3n) is 5.12. The average Bonchev–Trinajstić information content (AvgIpc) is 2.66. The Balaban J connectivity index is 1.90. The molecule has 1 fully saturated rings. The van der Waals surface area contributed by atoms with Gasteiger partial charge in [0.05, 0.1) is 23.7 Å². The second kappa shape index (κ2) is 9.98. The Hall–Kier alpha value is -0.990. The lowest BCUT2D eigenvalue weighted by molar-refractivity contribution is -0.0117. The van der Waals surface area contributed by atoms with Crippen molar-refractivity contribution in [3.8, 4) is 0 Å². The Bertz CT molecular complexity index is 668. The normalized spacial score (nSPS) is 19.3. The van der Waals surface area contributed by atoms with E-state index < -0.39 is 16.1 Å². The van der Waals surface area contributed by atoms with Gasteiger partial charge < -0.3 is 9.84 Å². The van der Waals surface area contributed by atoms with Crippen LogP contribution >= 0.6 is 0 Å². The first kappa shape index (κ1) is 22.3. The van der Waals surface area contributed by atoms with Gasteiger partial charge in [-0.15, -0.1) is 0 Å². The van der Waals surface area contributed by atoms with E-state index in [-0.39, 0.29) is 6.10 Å². The van der Waals surface area contributed by atoms with Gasteiger partial charge in [0.2, 0.25) is 10.0 Å². The summed E-state index contributed by atoms with van der Waals surface area (Å²) in [6.45, 7) is 11.1. The number of rotatable bonds is 9. The summed E-state index contributed by atoms with van der Waals surface area (Å²) < 4.78 is 32.7. The maximum atomic E-state index is 12.9. The highest BCUT2D eigenvalue weighted by molar-refractivity contribution is 7.89.